The van der Waals surface area contributed by atoms with Crippen LogP contribution < -0.4 is 10.9 Å². The number of fused-ring (bicyclic) bond motifs is 1. The molecule has 0 aliphatic rings. The lowest BCUT2D eigenvalue weighted by Gasteiger charge is -2.08. The minimum absolute atomic E-state index is 0.139. The Morgan fingerprint density at radius 2 is 1.67 bits per heavy atom. The topological polar surface area (TPSA) is 59.3 Å². The Morgan fingerprint density at radius 3 is 2.33 bits per heavy atom. The van der Waals surface area contributed by atoms with Gasteiger partial charge in [0.15, 0.2) is 0 Å². The van der Waals surface area contributed by atoms with Gasteiger partial charge in [-0.05, 0) is 36.4 Å². The Labute approximate surface area is 133 Å². The van der Waals surface area contributed by atoms with Crippen LogP contribution >= 0.6 is 0 Å². The van der Waals surface area contributed by atoms with Gasteiger partial charge in [0.05, 0.1) is 5.56 Å². The van der Waals surface area contributed by atoms with Crippen LogP contribution in [0.1, 0.15) is 15.9 Å². The molecule has 3 aromatic rings. The van der Waals surface area contributed by atoms with Crippen LogP contribution in [0.5, 0.6) is 0 Å². The standard InChI is InChI=1S/C17H10F3NO3/c18-17(19,20)11-5-7-12(8-6-11)21-15(22)13-9-10-3-1-2-4-14(10)24-16(13)23/h1-9H,(H,21,22). The number of benzene rings is 2. The highest BCUT2D eigenvalue weighted by atomic mass is 19.4. The van der Waals surface area contributed by atoms with Crippen molar-refractivity contribution in [1.82, 2.24) is 0 Å². The fraction of sp³-hybridized carbons (Fsp3) is 0.0588. The average Bonchev–Trinajstić information content (AvgIpc) is 2.53. The third-order valence-corrected chi connectivity index (χ3v) is 3.36. The van der Waals surface area contributed by atoms with Crippen LogP contribution in [0.4, 0.5) is 18.9 Å². The average molecular weight is 333 g/mol. The number of carbonyl (C=O) groups excluding carboxylic acids is 1. The molecule has 0 unspecified atom stereocenters. The molecule has 2 aromatic carbocycles. The molecule has 7 heteroatoms. The second kappa shape index (κ2) is 5.84. The highest BCUT2D eigenvalue weighted by molar-refractivity contribution is 6.05. The molecule has 1 aromatic heterocycles. The van der Waals surface area contributed by atoms with Crippen LogP contribution in [0.3, 0.4) is 0 Å². The fourth-order valence-corrected chi connectivity index (χ4v) is 2.16. The van der Waals surface area contributed by atoms with E-state index in [1.165, 1.54) is 6.07 Å². The van der Waals surface area contributed by atoms with E-state index >= 15 is 0 Å². The number of alkyl halides is 3. The minimum Gasteiger partial charge on any atom is -0.422 e. The van der Waals surface area contributed by atoms with Gasteiger partial charge in [-0.25, -0.2) is 4.79 Å². The Hall–Kier alpha value is -3.09. The smallest absolute Gasteiger partial charge is 0.416 e. The summed E-state index contributed by atoms with van der Waals surface area (Å²) in [5.41, 5.74) is -1.40. The van der Waals surface area contributed by atoms with Gasteiger partial charge in [0, 0.05) is 11.1 Å². The molecule has 1 heterocycles. The molecule has 0 atom stereocenters. The molecule has 1 N–H and O–H groups in total. The number of hydrogen-bond donors (Lipinski definition) is 1. The van der Waals surface area contributed by atoms with Crippen LogP contribution in [0.15, 0.2) is 63.8 Å². The Morgan fingerprint density at radius 1 is 1.00 bits per heavy atom. The van der Waals surface area contributed by atoms with Gasteiger partial charge < -0.3 is 9.73 Å². The van der Waals surface area contributed by atoms with E-state index in [4.69, 9.17) is 4.42 Å². The van der Waals surface area contributed by atoms with Crippen LogP contribution in [-0.4, -0.2) is 5.91 Å². The Balaban J connectivity index is 1.87. The maximum absolute atomic E-state index is 12.5. The predicted octanol–water partition coefficient (Wildman–Crippen LogP) is 4.06. The lowest BCUT2D eigenvalue weighted by atomic mass is 10.1. The number of amides is 1. The van der Waals surface area contributed by atoms with Crippen molar-refractivity contribution in [3.8, 4) is 0 Å². The maximum Gasteiger partial charge on any atom is 0.416 e. The molecular weight excluding hydrogens is 323 g/mol. The summed E-state index contributed by atoms with van der Waals surface area (Å²) in [4.78, 5) is 24.0. The normalized spacial score (nSPS) is 11.5. The van der Waals surface area contributed by atoms with Gasteiger partial charge in [-0.15, -0.1) is 0 Å². The van der Waals surface area contributed by atoms with E-state index in [-0.39, 0.29) is 11.3 Å². The number of rotatable bonds is 2. The predicted molar refractivity (Wildman–Crippen MR) is 81.9 cm³/mol. The molecule has 3 rings (SSSR count). The zero-order valence-corrected chi connectivity index (χ0v) is 12.1. The molecule has 0 bridgehead atoms. The maximum atomic E-state index is 12.5. The van der Waals surface area contributed by atoms with Crippen LogP contribution in [0.2, 0.25) is 0 Å². The second-order valence-corrected chi connectivity index (χ2v) is 5.01. The van der Waals surface area contributed by atoms with E-state index in [2.05, 4.69) is 5.32 Å². The van der Waals surface area contributed by atoms with Crippen molar-refractivity contribution < 1.29 is 22.4 Å². The Kier molecular flexibility index (Phi) is 3.84. The fourth-order valence-electron chi connectivity index (χ4n) is 2.16. The van der Waals surface area contributed by atoms with Gasteiger partial charge in [0.2, 0.25) is 0 Å². The molecule has 0 saturated heterocycles. The first kappa shape index (κ1) is 15.8. The first-order valence-electron chi connectivity index (χ1n) is 6.86. The number of nitrogens with one attached hydrogen (secondary N) is 1. The molecule has 0 saturated carbocycles. The highest BCUT2D eigenvalue weighted by Crippen LogP contribution is 2.29. The summed E-state index contributed by atoms with van der Waals surface area (Å²) >= 11 is 0. The molecule has 1 amide bonds. The van der Waals surface area contributed by atoms with Crippen molar-refractivity contribution >= 4 is 22.6 Å². The zero-order chi connectivity index (χ0) is 17.3. The van der Waals surface area contributed by atoms with Crippen LogP contribution in [0, 0.1) is 0 Å². The van der Waals surface area contributed by atoms with Crippen molar-refractivity contribution in [2.75, 3.05) is 5.32 Å². The van der Waals surface area contributed by atoms with Gasteiger partial charge in [0.25, 0.3) is 5.91 Å². The van der Waals surface area contributed by atoms with E-state index in [9.17, 15) is 22.8 Å². The summed E-state index contributed by atoms with van der Waals surface area (Å²) in [6.07, 6.45) is -4.46. The molecule has 0 spiro atoms. The summed E-state index contributed by atoms with van der Waals surface area (Å²) in [5, 5.41) is 2.94. The van der Waals surface area contributed by atoms with E-state index < -0.39 is 23.3 Å². The van der Waals surface area contributed by atoms with Crippen molar-refractivity contribution in [1.29, 1.82) is 0 Å². The second-order valence-electron chi connectivity index (χ2n) is 5.01. The van der Waals surface area contributed by atoms with Crippen molar-refractivity contribution in [2.24, 2.45) is 0 Å². The molecule has 0 aliphatic carbocycles. The number of halogens is 3. The first-order chi connectivity index (χ1) is 11.3. The minimum atomic E-state index is -4.46. The highest BCUT2D eigenvalue weighted by Gasteiger charge is 2.30. The summed E-state index contributed by atoms with van der Waals surface area (Å²) < 4.78 is 42.6. The molecule has 0 fully saturated rings. The van der Waals surface area contributed by atoms with Gasteiger partial charge in [0.1, 0.15) is 11.1 Å². The molecule has 122 valence electrons. The molecule has 24 heavy (non-hydrogen) atoms. The van der Waals surface area contributed by atoms with Gasteiger partial charge in [-0.3, -0.25) is 4.79 Å². The van der Waals surface area contributed by atoms with Crippen molar-refractivity contribution in [2.45, 2.75) is 6.18 Å². The molecule has 0 aliphatic heterocycles. The molecule has 4 nitrogen and oxygen atoms in total. The lowest BCUT2D eigenvalue weighted by molar-refractivity contribution is -0.137. The lowest BCUT2D eigenvalue weighted by Crippen LogP contribution is -2.20. The summed E-state index contributed by atoms with van der Waals surface area (Å²) in [5.74, 6) is -0.755. The number of para-hydroxylation sites is 1. The monoisotopic (exact) mass is 333 g/mol. The van der Waals surface area contributed by atoms with Gasteiger partial charge in [-0.1, -0.05) is 18.2 Å². The summed E-state index contributed by atoms with van der Waals surface area (Å²) in [7, 11) is 0. The van der Waals surface area contributed by atoms with E-state index in [1.54, 1.807) is 24.3 Å². The third kappa shape index (κ3) is 3.15. The number of anilines is 1. The van der Waals surface area contributed by atoms with Crippen molar-refractivity contribution in [3.63, 3.8) is 0 Å². The first-order valence-corrected chi connectivity index (χ1v) is 6.86. The zero-order valence-electron chi connectivity index (χ0n) is 12.1. The Bertz CT molecular complexity index is 959. The third-order valence-electron chi connectivity index (χ3n) is 3.36. The van der Waals surface area contributed by atoms with E-state index in [0.29, 0.717) is 11.0 Å². The van der Waals surface area contributed by atoms with Crippen molar-refractivity contribution in [3.05, 3.63) is 76.1 Å². The van der Waals surface area contributed by atoms with Gasteiger partial charge in [-0.2, -0.15) is 13.2 Å². The number of hydrogen-bond acceptors (Lipinski definition) is 3. The molecular formula is C17H10F3NO3. The quantitative estimate of drug-likeness (QED) is 0.719. The van der Waals surface area contributed by atoms with E-state index in [0.717, 1.165) is 24.3 Å². The summed E-state index contributed by atoms with van der Waals surface area (Å²) in [6, 6.07) is 12.0. The molecule has 0 radical (unpaired) electrons. The van der Waals surface area contributed by atoms with E-state index in [1.807, 2.05) is 0 Å². The largest absolute Gasteiger partial charge is 0.422 e. The van der Waals surface area contributed by atoms with Crippen LogP contribution in [0.25, 0.3) is 11.0 Å². The SMILES string of the molecule is O=C(Nc1ccc(C(F)(F)F)cc1)c1cc2ccccc2oc1=O. The van der Waals surface area contributed by atoms with Crippen LogP contribution in [-0.2, 0) is 6.18 Å². The van der Waals surface area contributed by atoms with Gasteiger partial charge >= 0.3 is 11.8 Å². The number of carbonyl (C=O) groups is 1. The summed E-state index contributed by atoms with van der Waals surface area (Å²) in [6.45, 7) is 0.